The molecule has 0 aliphatic carbocycles. The molecule has 0 aliphatic rings. The summed E-state index contributed by atoms with van der Waals surface area (Å²) in [4.78, 5) is 3.82. The first-order valence-electron chi connectivity index (χ1n) is 6.07. The maximum atomic E-state index is 14.2. The molecule has 0 aliphatic heterocycles. The fraction of sp³-hybridized carbons (Fsp3) is 0.267. The van der Waals surface area contributed by atoms with Crippen LogP contribution in [0.15, 0.2) is 30.6 Å². The molecule has 2 aromatic rings. The number of nitrogens with zero attached hydrogens (tertiary/aromatic N) is 1. The van der Waals surface area contributed by atoms with Gasteiger partial charge in [0, 0.05) is 11.8 Å². The molecule has 1 atom stereocenters. The number of aromatic nitrogens is 1. The monoisotopic (exact) mass is 262 g/mol. The number of pyridine rings is 1. The summed E-state index contributed by atoms with van der Waals surface area (Å²) in [5.41, 5.74) is 2.83. The van der Waals surface area contributed by atoms with Gasteiger partial charge in [-0.2, -0.15) is 0 Å². The van der Waals surface area contributed by atoms with Crippen LogP contribution in [0.4, 0.5) is 8.78 Å². The maximum absolute atomic E-state index is 14.2. The third-order valence-corrected chi connectivity index (χ3v) is 3.12. The highest BCUT2D eigenvalue weighted by atomic mass is 19.1. The quantitative estimate of drug-likeness (QED) is 0.918. The molecule has 0 radical (unpaired) electrons. The Hall–Kier alpha value is -1.81. The number of hydrogen-bond donors (Lipinski definition) is 1. The van der Waals surface area contributed by atoms with Crippen molar-refractivity contribution in [1.29, 1.82) is 0 Å². The van der Waals surface area contributed by atoms with Gasteiger partial charge in [-0.15, -0.1) is 0 Å². The van der Waals surface area contributed by atoms with Gasteiger partial charge in [0.15, 0.2) is 0 Å². The van der Waals surface area contributed by atoms with Crippen LogP contribution in [-0.4, -0.2) is 12.0 Å². The molecule has 1 heterocycles. The molecule has 0 fully saturated rings. The van der Waals surface area contributed by atoms with E-state index >= 15 is 0 Å². The average molecular weight is 262 g/mol. The van der Waals surface area contributed by atoms with E-state index in [-0.39, 0.29) is 5.82 Å². The molecular formula is C15H16F2N2. The summed E-state index contributed by atoms with van der Waals surface area (Å²) in [5, 5.41) is 3.02. The van der Waals surface area contributed by atoms with Crippen LogP contribution in [0.5, 0.6) is 0 Å². The Kier molecular flexibility index (Phi) is 3.90. The van der Waals surface area contributed by atoms with Crippen molar-refractivity contribution in [2.75, 3.05) is 7.05 Å². The van der Waals surface area contributed by atoms with Gasteiger partial charge in [0.2, 0.25) is 0 Å². The molecule has 2 nitrogen and oxygen atoms in total. The first-order valence-corrected chi connectivity index (χ1v) is 6.07. The highest BCUT2D eigenvalue weighted by molar-refractivity contribution is 5.39. The molecule has 1 unspecified atom stereocenters. The first kappa shape index (κ1) is 13.6. The van der Waals surface area contributed by atoms with Gasteiger partial charge in [0.05, 0.1) is 12.2 Å². The molecule has 1 N–H and O–H groups in total. The van der Waals surface area contributed by atoms with Gasteiger partial charge < -0.3 is 5.32 Å². The minimum Gasteiger partial charge on any atom is -0.309 e. The summed E-state index contributed by atoms with van der Waals surface area (Å²) in [5.74, 6) is -0.718. The maximum Gasteiger partial charge on any atom is 0.141 e. The fourth-order valence-corrected chi connectivity index (χ4v) is 2.36. The molecule has 0 amide bonds. The smallest absolute Gasteiger partial charge is 0.141 e. The van der Waals surface area contributed by atoms with E-state index in [0.29, 0.717) is 11.1 Å². The Morgan fingerprint density at radius 3 is 2.42 bits per heavy atom. The summed E-state index contributed by atoms with van der Waals surface area (Å²) in [6, 6.07) is 4.35. The van der Waals surface area contributed by atoms with E-state index in [1.54, 1.807) is 13.2 Å². The lowest BCUT2D eigenvalue weighted by atomic mass is 9.94. The second-order valence-corrected chi connectivity index (χ2v) is 4.64. The molecule has 2 rings (SSSR count). The van der Waals surface area contributed by atoms with Crippen LogP contribution in [0.1, 0.15) is 28.3 Å². The summed E-state index contributed by atoms with van der Waals surface area (Å²) in [6.45, 7) is 3.69. The molecule has 1 aromatic heterocycles. The summed E-state index contributed by atoms with van der Waals surface area (Å²) in [6.07, 6.45) is 2.68. The fourth-order valence-electron chi connectivity index (χ4n) is 2.36. The van der Waals surface area contributed by atoms with Crippen molar-refractivity contribution in [3.63, 3.8) is 0 Å². The number of hydrogen-bond acceptors (Lipinski definition) is 2. The van der Waals surface area contributed by atoms with Gasteiger partial charge in [-0.3, -0.25) is 4.98 Å². The van der Waals surface area contributed by atoms with E-state index in [1.807, 2.05) is 19.9 Å². The molecule has 1 aromatic carbocycles. The Morgan fingerprint density at radius 1 is 1.11 bits per heavy atom. The molecule has 100 valence electrons. The highest BCUT2D eigenvalue weighted by Gasteiger charge is 2.19. The van der Waals surface area contributed by atoms with Crippen molar-refractivity contribution in [1.82, 2.24) is 10.3 Å². The van der Waals surface area contributed by atoms with E-state index in [0.717, 1.165) is 17.3 Å². The van der Waals surface area contributed by atoms with Crippen LogP contribution >= 0.6 is 0 Å². The summed E-state index contributed by atoms with van der Waals surface area (Å²) < 4.78 is 27.4. The largest absolute Gasteiger partial charge is 0.309 e. The number of aryl methyl sites for hydroxylation is 2. The predicted octanol–water partition coefficient (Wildman–Crippen LogP) is 3.29. The average Bonchev–Trinajstić information content (AvgIpc) is 2.33. The van der Waals surface area contributed by atoms with Crippen LogP contribution in [0.2, 0.25) is 0 Å². The highest BCUT2D eigenvalue weighted by Crippen LogP contribution is 2.28. The minimum atomic E-state index is -0.428. The van der Waals surface area contributed by atoms with Crippen molar-refractivity contribution < 1.29 is 8.78 Å². The van der Waals surface area contributed by atoms with Gasteiger partial charge in [-0.25, -0.2) is 8.78 Å². The predicted molar refractivity (Wildman–Crippen MR) is 71.0 cm³/mol. The zero-order valence-corrected chi connectivity index (χ0v) is 11.2. The third kappa shape index (κ3) is 2.79. The number of halogens is 2. The standard InChI is InChI=1S/C15H16F2N2/c1-9-4-10(2)14(13(17)5-9)15(18-3)11-6-12(16)8-19-7-11/h4-8,15,18H,1-3H3. The van der Waals surface area contributed by atoms with Crippen molar-refractivity contribution in [3.8, 4) is 0 Å². The third-order valence-electron chi connectivity index (χ3n) is 3.12. The molecular weight excluding hydrogens is 246 g/mol. The minimum absolute atomic E-state index is 0.291. The lowest BCUT2D eigenvalue weighted by Crippen LogP contribution is -2.20. The zero-order chi connectivity index (χ0) is 14.0. The molecule has 0 saturated heterocycles. The van der Waals surface area contributed by atoms with Gasteiger partial charge in [-0.05, 0) is 49.7 Å². The van der Waals surface area contributed by atoms with Crippen molar-refractivity contribution in [3.05, 3.63) is 64.5 Å². The number of rotatable bonds is 3. The van der Waals surface area contributed by atoms with Crippen LogP contribution in [-0.2, 0) is 0 Å². The number of nitrogens with one attached hydrogen (secondary N) is 1. The van der Waals surface area contributed by atoms with Crippen molar-refractivity contribution >= 4 is 0 Å². The molecule has 4 heteroatoms. The molecule has 0 saturated carbocycles. The van der Waals surface area contributed by atoms with Gasteiger partial charge in [0.25, 0.3) is 0 Å². The lowest BCUT2D eigenvalue weighted by molar-refractivity contribution is 0.565. The Bertz CT molecular complexity index is 573. The zero-order valence-electron chi connectivity index (χ0n) is 11.2. The van der Waals surface area contributed by atoms with Crippen LogP contribution in [0.3, 0.4) is 0 Å². The molecule has 0 spiro atoms. The lowest BCUT2D eigenvalue weighted by Gasteiger charge is -2.20. The van der Waals surface area contributed by atoms with Gasteiger partial charge in [0.1, 0.15) is 11.6 Å². The van der Waals surface area contributed by atoms with E-state index in [4.69, 9.17) is 0 Å². The summed E-state index contributed by atoms with van der Waals surface area (Å²) in [7, 11) is 1.72. The summed E-state index contributed by atoms with van der Waals surface area (Å²) >= 11 is 0. The van der Waals surface area contributed by atoms with Crippen molar-refractivity contribution in [2.45, 2.75) is 19.9 Å². The first-order chi connectivity index (χ1) is 9.02. The Labute approximate surface area is 111 Å². The second-order valence-electron chi connectivity index (χ2n) is 4.64. The van der Waals surface area contributed by atoms with E-state index < -0.39 is 11.9 Å². The van der Waals surface area contributed by atoms with Gasteiger partial charge in [-0.1, -0.05) is 6.07 Å². The Balaban J connectivity index is 2.54. The SMILES string of the molecule is CNC(c1cncc(F)c1)c1c(C)cc(C)cc1F. The van der Waals surface area contributed by atoms with E-state index in [9.17, 15) is 8.78 Å². The molecule has 19 heavy (non-hydrogen) atoms. The second kappa shape index (κ2) is 5.45. The normalized spacial score (nSPS) is 12.5. The van der Waals surface area contributed by atoms with Crippen LogP contribution < -0.4 is 5.32 Å². The van der Waals surface area contributed by atoms with Gasteiger partial charge >= 0.3 is 0 Å². The van der Waals surface area contributed by atoms with Crippen LogP contribution in [0, 0.1) is 25.5 Å². The van der Waals surface area contributed by atoms with E-state index in [2.05, 4.69) is 10.3 Å². The topological polar surface area (TPSA) is 24.9 Å². The Morgan fingerprint density at radius 2 is 1.84 bits per heavy atom. The van der Waals surface area contributed by atoms with E-state index in [1.165, 1.54) is 12.1 Å². The van der Waals surface area contributed by atoms with Crippen molar-refractivity contribution in [2.24, 2.45) is 0 Å². The number of benzene rings is 1. The van der Waals surface area contributed by atoms with Crippen LogP contribution in [0.25, 0.3) is 0 Å². The molecule has 0 bridgehead atoms.